The number of hydrogen-bond acceptors (Lipinski definition) is 3. The number of benzene rings is 1. The van der Waals surface area contributed by atoms with Gasteiger partial charge in [0.1, 0.15) is 12.4 Å². The number of alkyl halides is 3. The van der Waals surface area contributed by atoms with Gasteiger partial charge in [-0.3, -0.25) is 0 Å². The number of alkyl carbamates (subject to hydrolysis) is 1. The van der Waals surface area contributed by atoms with Gasteiger partial charge in [-0.1, -0.05) is 31.5 Å². The lowest BCUT2D eigenvalue weighted by Crippen LogP contribution is -2.46. The smallest absolute Gasteiger partial charge is 0.449 e. The minimum atomic E-state index is -4.81. The largest absolute Gasteiger partial charge is 0.573 e. The van der Waals surface area contributed by atoms with Crippen LogP contribution in [0.1, 0.15) is 25.5 Å². The third-order valence-electron chi connectivity index (χ3n) is 3.13. The molecule has 1 atom stereocenters. The fraction of sp³-hybridized carbons (Fsp3) is 0.462. The van der Waals surface area contributed by atoms with E-state index in [0.29, 0.717) is 5.56 Å². The minimum Gasteiger partial charge on any atom is -0.449 e. The van der Waals surface area contributed by atoms with E-state index in [1.165, 1.54) is 12.1 Å². The second kappa shape index (κ2) is 5.29. The highest BCUT2D eigenvalue weighted by Gasteiger charge is 2.38. The molecule has 21 heavy (non-hydrogen) atoms. The first-order valence-corrected chi connectivity index (χ1v) is 6.45. The summed E-state index contributed by atoms with van der Waals surface area (Å²) < 4.78 is 45.3. The third kappa shape index (κ3) is 3.72. The Labute approximate surface area is 124 Å². The Morgan fingerprint density at radius 2 is 2.10 bits per heavy atom. The van der Waals surface area contributed by atoms with E-state index in [0.717, 1.165) is 6.07 Å². The highest BCUT2D eigenvalue weighted by Crippen LogP contribution is 2.39. The number of cyclic esters (lactones) is 1. The Balaban J connectivity index is 2.28. The number of ether oxygens (including phenoxy) is 2. The predicted molar refractivity (Wildman–Crippen MR) is 69.1 cm³/mol. The van der Waals surface area contributed by atoms with Crippen LogP contribution in [0.5, 0.6) is 5.75 Å². The first kappa shape index (κ1) is 15.8. The maximum Gasteiger partial charge on any atom is 0.573 e. The summed E-state index contributed by atoms with van der Waals surface area (Å²) in [5, 5.41) is 2.46. The van der Waals surface area contributed by atoms with Crippen molar-refractivity contribution in [2.45, 2.75) is 26.3 Å². The van der Waals surface area contributed by atoms with Crippen molar-refractivity contribution < 1.29 is 27.4 Å². The summed E-state index contributed by atoms with van der Waals surface area (Å²) in [4.78, 5) is 11.3. The lowest BCUT2D eigenvalue weighted by molar-refractivity contribution is -0.274. The molecule has 0 radical (unpaired) electrons. The van der Waals surface area contributed by atoms with Gasteiger partial charge in [0.15, 0.2) is 0 Å². The molecular weight excluding hydrogens is 311 g/mol. The molecule has 0 saturated carbocycles. The summed E-state index contributed by atoms with van der Waals surface area (Å²) in [6.07, 6.45) is -5.39. The highest BCUT2D eigenvalue weighted by atomic mass is 35.5. The highest BCUT2D eigenvalue weighted by molar-refractivity contribution is 6.32. The summed E-state index contributed by atoms with van der Waals surface area (Å²) in [6.45, 7) is 3.93. The molecule has 1 saturated heterocycles. The monoisotopic (exact) mass is 323 g/mol. The summed E-state index contributed by atoms with van der Waals surface area (Å²) in [5.74, 6) is -0.482. The lowest BCUT2D eigenvalue weighted by atomic mass is 9.80. The SMILES string of the molecule is CC1(C)COC(=O)N[C@H]1c1ccc(OC(F)(F)F)c(Cl)c1. The van der Waals surface area contributed by atoms with Gasteiger partial charge in [-0.15, -0.1) is 13.2 Å². The molecule has 2 rings (SSSR count). The topological polar surface area (TPSA) is 47.6 Å². The van der Waals surface area contributed by atoms with Gasteiger partial charge >= 0.3 is 12.5 Å². The Bertz CT molecular complexity index is 560. The van der Waals surface area contributed by atoms with E-state index in [2.05, 4.69) is 10.1 Å². The Hall–Kier alpha value is -1.63. The minimum absolute atomic E-state index is 0.179. The van der Waals surface area contributed by atoms with Crippen molar-refractivity contribution in [2.75, 3.05) is 6.61 Å². The average Bonchev–Trinajstić information content (AvgIpc) is 2.33. The zero-order chi connectivity index (χ0) is 15.8. The van der Waals surface area contributed by atoms with Crippen LogP contribution in [0.3, 0.4) is 0 Å². The quantitative estimate of drug-likeness (QED) is 0.893. The molecular formula is C13H13ClF3NO3. The molecule has 1 heterocycles. The van der Waals surface area contributed by atoms with Crippen LogP contribution in [0, 0.1) is 5.41 Å². The summed E-state index contributed by atoms with van der Waals surface area (Å²) in [7, 11) is 0. The van der Waals surface area contributed by atoms with E-state index in [9.17, 15) is 18.0 Å². The van der Waals surface area contributed by atoms with Gasteiger partial charge in [0.25, 0.3) is 0 Å². The fourth-order valence-electron chi connectivity index (χ4n) is 2.13. The van der Waals surface area contributed by atoms with E-state index in [-0.39, 0.29) is 11.6 Å². The molecule has 0 bridgehead atoms. The zero-order valence-electron chi connectivity index (χ0n) is 11.3. The second-order valence-corrected chi connectivity index (χ2v) is 5.79. The van der Waals surface area contributed by atoms with Crippen LogP contribution in [-0.4, -0.2) is 19.1 Å². The van der Waals surface area contributed by atoms with Crippen LogP contribution in [0.25, 0.3) is 0 Å². The normalized spacial score (nSPS) is 21.4. The molecule has 0 spiro atoms. The van der Waals surface area contributed by atoms with Crippen molar-refractivity contribution >= 4 is 17.7 Å². The predicted octanol–water partition coefficient (Wildman–Crippen LogP) is 4.05. The molecule has 1 aromatic rings. The zero-order valence-corrected chi connectivity index (χ0v) is 12.0. The Kier molecular flexibility index (Phi) is 3.97. The molecule has 1 aliphatic heterocycles. The van der Waals surface area contributed by atoms with Crippen molar-refractivity contribution in [3.63, 3.8) is 0 Å². The molecule has 8 heteroatoms. The second-order valence-electron chi connectivity index (χ2n) is 5.38. The van der Waals surface area contributed by atoms with Crippen molar-refractivity contribution in [2.24, 2.45) is 5.41 Å². The van der Waals surface area contributed by atoms with Crippen LogP contribution in [-0.2, 0) is 4.74 Å². The molecule has 4 nitrogen and oxygen atoms in total. The molecule has 0 aromatic heterocycles. The molecule has 1 aromatic carbocycles. The summed E-state index contributed by atoms with van der Waals surface area (Å²) >= 11 is 5.82. The Morgan fingerprint density at radius 1 is 1.43 bits per heavy atom. The number of hydrogen-bond donors (Lipinski definition) is 1. The van der Waals surface area contributed by atoms with Gasteiger partial charge in [-0.25, -0.2) is 4.79 Å². The van der Waals surface area contributed by atoms with Crippen LogP contribution < -0.4 is 10.1 Å². The number of amides is 1. The van der Waals surface area contributed by atoms with E-state index >= 15 is 0 Å². The third-order valence-corrected chi connectivity index (χ3v) is 3.43. The Morgan fingerprint density at radius 3 is 2.67 bits per heavy atom. The molecule has 0 unspecified atom stereocenters. The van der Waals surface area contributed by atoms with Crippen LogP contribution in [0.2, 0.25) is 5.02 Å². The van der Waals surface area contributed by atoms with Gasteiger partial charge in [0.05, 0.1) is 11.1 Å². The first-order chi connectivity index (χ1) is 9.58. The average molecular weight is 324 g/mol. The van der Waals surface area contributed by atoms with Gasteiger partial charge < -0.3 is 14.8 Å². The number of halogens is 4. The van der Waals surface area contributed by atoms with Gasteiger partial charge in [0.2, 0.25) is 0 Å². The van der Waals surface area contributed by atoms with Crippen molar-refractivity contribution in [3.05, 3.63) is 28.8 Å². The summed E-state index contributed by atoms with van der Waals surface area (Å²) in [5.41, 5.74) is 0.153. The van der Waals surface area contributed by atoms with Crippen molar-refractivity contribution in [1.82, 2.24) is 5.32 Å². The summed E-state index contributed by atoms with van der Waals surface area (Å²) in [6, 6.07) is 3.49. The molecule has 0 aliphatic carbocycles. The molecule has 1 N–H and O–H groups in total. The van der Waals surface area contributed by atoms with E-state index < -0.39 is 29.7 Å². The van der Waals surface area contributed by atoms with Gasteiger partial charge in [-0.2, -0.15) is 0 Å². The van der Waals surface area contributed by atoms with Crippen LogP contribution >= 0.6 is 11.6 Å². The molecule has 1 fully saturated rings. The fourth-order valence-corrected chi connectivity index (χ4v) is 2.36. The van der Waals surface area contributed by atoms with Crippen molar-refractivity contribution in [1.29, 1.82) is 0 Å². The van der Waals surface area contributed by atoms with E-state index in [1.54, 1.807) is 0 Å². The van der Waals surface area contributed by atoms with Crippen LogP contribution in [0.4, 0.5) is 18.0 Å². The number of carbonyl (C=O) groups excluding carboxylic acids is 1. The number of carbonyl (C=O) groups is 1. The van der Waals surface area contributed by atoms with Crippen molar-refractivity contribution in [3.8, 4) is 5.75 Å². The van der Waals surface area contributed by atoms with E-state index in [4.69, 9.17) is 16.3 Å². The number of rotatable bonds is 2. The maximum atomic E-state index is 12.2. The van der Waals surface area contributed by atoms with Gasteiger partial charge in [-0.05, 0) is 17.7 Å². The molecule has 116 valence electrons. The maximum absolute atomic E-state index is 12.2. The van der Waals surface area contributed by atoms with Crippen LogP contribution in [0.15, 0.2) is 18.2 Å². The standard InChI is InChI=1S/C13H13ClF3NO3/c1-12(2)6-20-11(19)18-10(12)7-3-4-9(8(14)5-7)21-13(15,16)17/h3-5,10H,6H2,1-2H3,(H,18,19)/t10-/m0/s1. The van der Waals surface area contributed by atoms with Gasteiger partial charge in [0, 0.05) is 5.41 Å². The van der Waals surface area contributed by atoms with E-state index in [1.807, 2.05) is 13.8 Å². The lowest BCUT2D eigenvalue weighted by Gasteiger charge is -2.38. The molecule has 1 aliphatic rings. The first-order valence-electron chi connectivity index (χ1n) is 6.07. The number of nitrogens with one attached hydrogen (secondary N) is 1. The molecule has 1 amide bonds.